The van der Waals surface area contributed by atoms with E-state index in [1.54, 1.807) is 105 Å². The van der Waals surface area contributed by atoms with E-state index in [0.29, 0.717) is 97.5 Å². The summed E-state index contributed by atoms with van der Waals surface area (Å²) < 4.78 is 21.4. The Morgan fingerprint density at radius 3 is 1.15 bits per heavy atom. The molecule has 26 nitrogen and oxygen atoms in total. The molecule has 3 fully saturated rings. The third kappa shape index (κ3) is 25.9. The minimum absolute atomic E-state index is 0. The fraction of sp³-hybridized carbons (Fsp3) is 0.473. The average Bonchev–Trinajstić information content (AvgIpc) is 1.68. The maximum absolute atomic E-state index is 12.1. The second kappa shape index (κ2) is 38.9. The van der Waals surface area contributed by atoms with E-state index in [2.05, 4.69) is 85.9 Å². The van der Waals surface area contributed by atoms with Crippen LogP contribution in [0.5, 0.6) is 0 Å². The van der Waals surface area contributed by atoms with E-state index in [-0.39, 0.29) is 46.1 Å². The number of nitrogens with one attached hydrogen (secondary N) is 3. The first kappa shape index (κ1) is 88.6. The van der Waals surface area contributed by atoms with E-state index in [9.17, 15) is 34.5 Å². The van der Waals surface area contributed by atoms with Crippen molar-refractivity contribution in [1.29, 1.82) is 0 Å². The number of aryl methyl sites for hydroxylation is 5. The molecule has 572 valence electrons. The van der Waals surface area contributed by atoms with E-state index < -0.39 is 53.4 Å². The van der Waals surface area contributed by atoms with Crippen LogP contribution in [0.25, 0.3) is 51.7 Å². The number of anilines is 5. The molecule has 33 heteroatoms. The number of rotatable bonds is 17. The number of allylic oxidation sites excluding steroid dienone is 1. The van der Waals surface area contributed by atoms with Gasteiger partial charge in [-0.15, -0.1) is 6.58 Å². The Morgan fingerprint density at radius 1 is 0.514 bits per heavy atom. The van der Waals surface area contributed by atoms with Crippen molar-refractivity contribution in [3.05, 3.63) is 116 Å². The molecule has 0 aliphatic heterocycles. The van der Waals surface area contributed by atoms with Crippen molar-refractivity contribution in [2.45, 2.75) is 202 Å². The van der Waals surface area contributed by atoms with Gasteiger partial charge in [-0.25, -0.2) is 83.8 Å². The van der Waals surface area contributed by atoms with E-state index in [4.69, 9.17) is 30.4 Å². The van der Waals surface area contributed by atoms with Crippen LogP contribution in [0.2, 0.25) is 0 Å². The van der Waals surface area contributed by atoms with Gasteiger partial charge in [0.25, 0.3) is 0 Å². The van der Waals surface area contributed by atoms with Crippen molar-refractivity contribution in [3.8, 4) is 0 Å². The van der Waals surface area contributed by atoms with Crippen LogP contribution in [-0.4, -0.2) is 137 Å². The molecule has 3 aliphatic rings. The zero-order chi connectivity index (χ0) is 77.0. The van der Waals surface area contributed by atoms with Crippen molar-refractivity contribution >= 4 is 184 Å². The molecule has 10 aromatic heterocycles. The van der Waals surface area contributed by atoms with Crippen molar-refractivity contribution in [1.82, 2.24) is 49.8 Å². The van der Waals surface area contributed by atoms with Gasteiger partial charge in [0.1, 0.15) is 68.5 Å². The van der Waals surface area contributed by atoms with Gasteiger partial charge >= 0.3 is 41.3 Å². The Bertz CT molecular complexity index is 4730. The number of hydrogen-bond acceptors (Lipinski definition) is 28. The summed E-state index contributed by atoms with van der Waals surface area (Å²) in [5.41, 5.74) is 19.4. The van der Waals surface area contributed by atoms with E-state index in [0.717, 1.165) is 98.1 Å². The Labute approximate surface area is 670 Å². The summed E-state index contributed by atoms with van der Waals surface area (Å²) in [5.74, 6) is 2.00. The SMILES string of the molecule is C=CCC(O)c1c(NC(=O)OC(C)(C)C)cnc2sc(C)nc12.C=C[CH2-].COC(CC1CC1)c1c(N)cnc2sc(C)nc12.Cc1nc2c(C(O)CC3CC3)c(N)cnc2s1.Cc1nc2c(C(O)CC3CC3)c(NC(=O)OC(C)(C)C)cnc2s1.Cc1nc2c(C=O)c(NC(=O)OC(C)(C)C)cnc2s1.[Br-].[Mg+2]. The summed E-state index contributed by atoms with van der Waals surface area (Å²) in [6.07, 6.45) is 18.1. The molecule has 0 saturated heterocycles. The summed E-state index contributed by atoms with van der Waals surface area (Å²) in [7, 11) is 1.75. The van der Waals surface area contributed by atoms with E-state index in [1.165, 1.54) is 89.5 Å². The number of nitrogens with two attached hydrogens (primary N) is 2. The fourth-order valence-electron chi connectivity index (χ4n) is 10.9. The van der Waals surface area contributed by atoms with Crippen molar-refractivity contribution in [2.24, 2.45) is 17.8 Å². The van der Waals surface area contributed by atoms with Gasteiger partial charge in [0.05, 0.1) is 114 Å². The third-order valence-corrected chi connectivity index (χ3v) is 20.1. The predicted molar refractivity (Wildman–Crippen MR) is 427 cm³/mol. The molecule has 0 aromatic carbocycles. The number of thiazole rings is 5. The number of ether oxygens (including phenoxy) is 4. The Kier molecular flexibility index (Phi) is 32.2. The topological polar surface area (TPSA) is 383 Å². The maximum atomic E-state index is 12.1. The molecule has 10 aromatic rings. The van der Waals surface area contributed by atoms with Crippen molar-refractivity contribution in [2.75, 3.05) is 34.5 Å². The number of nitrogens with zero attached hydrogens (tertiary/aromatic N) is 10. The second-order valence-electron chi connectivity index (χ2n) is 28.6. The van der Waals surface area contributed by atoms with E-state index >= 15 is 0 Å². The van der Waals surface area contributed by atoms with E-state index in [1.807, 2.05) is 34.6 Å². The number of fused-ring (bicyclic) bond motifs is 5. The minimum Gasteiger partial charge on any atom is -1.00 e. The summed E-state index contributed by atoms with van der Waals surface area (Å²) in [5, 5.41) is 43.8. The largest absolute Gasteiger partial charge is 2.00 e. The minimum atomic E-state index is -0.829. The van der Waals surface area contributed by atoms with Crippen LogP contribution in [0.4, 0.5) is 42.8 Å². The summed E-state index contributed by atoms with van der Waals surface area (Å²) in [4.78, 5) is 94.8. The van der Waals surface area contributed by atoms with Gasteiger partial charge in [0.2, 0.25) is 0 Å². The average molecular weight is 1640 g/mol. The number of aliphatic hydroxyl groups is 3. The number of methoxy groups -OCH3 is 1. The number of nitrogen functional groups attached to an aromatic ring is 2. The van der Waals surface area contributed by atoms with Gasteiger partial charge in [0, 0.05) is 29.4 Å². The van der Waals surface area contributed by atoms with Crippen molar-refractivity contribution in [3.63, 3.8) is 0 Å². The van der Waals surface area contributed by atoms with Gasteiger partial charge in [-0.05, 0) is 140 Å². The summed E-state index contributed by atoms with van der Waals surface area (Å²) >= 11 is 7.45. The number of pyridine rings is 5. The number of aldehydes is 1. The van der Waals surface area contributed by atoms with Crippen LogP contribution in [0, 0.1) is 59.3 Å². The molecule has 0 spiro atoms. The molecule has 107 heavy (non-hydrogen) atoms. The number of aromatic nitrogens is 10. The molecule has 0 radical (unpaired) electrons. The number of halogens is 1. The number of hydrogen-bond donors (Lipinski definition) is 8. The molecular formula is C74H96BrMgN15O11S5. The van der Waals surface area contributed by atoms with Crippen LogP contribution < -0.4 is 44.4 Å². The molecule has 13 rings (SSSR count). The quantitative estimate of drug-likeness (QED) is 0.0138. The fourth-order valence-corrected chi connectivity index (χ4v) is 14.8. The smallest absolute Gasteiger partial charge is 1.00 e. The van der Waals surface area contributed by atoms with Crippen LogP contribution >= 0.6 is 56.7 Å². The molecule has 10 N–H and O–H groups in total. The van der Waals surface area contributed by atoms with Gasteiger partial charge in [0.15, 0.2) is 6.29 Å². The molecule has 4 atom stereocenters. The first-order valence-electron chi connectivity index (χ1n) is 34.3. The maximum Gasteiger partial charge on any atom is 2.00 e. The van der Waals surface area contributed by atoms with Gasteiger partial charge in [-0.2, -0.15) is 0 Å². The molecule has 3 amide bonds. The first-order chi connectivity index (χ1) is 49.5. The van der Waals surface area contributed by atoms with Gasteiger partial charge < -0.3 is 62.7 Å². The molecule has 10 heterocycles. The number of aliphatic hydroxyl groups excluding tert-OH is 3. The Balaban J connectivity index is 0.000000207. The predicted octanol–water partition coefficient (Wildman–Crippen LogP) is 14.4. The number of carbonyl (C=O) groups excluding carboxylic acids is 4. The standard InChI is InChI=1S/C17H23N3O3S.C16H21N3O3S.C13H15N3O3S.C13H17N3OS.C12H15N3OS.C3H5.BrH.Mg/c1-9-19-14-13(12(21)7-10-5-6-10)11(8-18-15(14)24-9)20-16(22)23-17(2,3)4;1-6-7-11(20)12-10(19-15(21)22-16(3,4)5)8-17-14-13(12)18-9(2)23-14;1-7-15-10-8(6-17)9(5-14-11(10)20-7)16-12(18)19-13(2,3)4;1-7-16-12-11(9(14)6-15-13(12)18-7)10(17-2)5-8-3-4-8;1-6-15-11-10(9(16)4-7-2-3-7)8(13)5-14-12(11)17-6;1-3-2;;/h8,10,12,21H,5-7H2,1-4H3,(H,20,22);6,8,11,20H,1,7H2,2-5H3,(H,19,21);5-6H,1-4H3,(H,16,18);6,8,10H,3-5,14H2,1-2H3;5,7,9,16H,2-4,13H2,1H3;3H,1-2H2;1H;/q;;;;;-1;;+2/p-1. The Morgan fingerprint density at radius 2 is 0.804 bits per heavy atom. The molecule has 0 bridgehead atoms. The molecular weight excluding hydrogens is 1540 g/mol. The zero-order valence-corrected chi connectivity index (χ0v) is 70.3. The monoisotopic (exact) mass is 1630 g/mol. The first-order valence-corrected chi connectivity index (χ1v) is 38.4. The van der Waals surface area contributed by atoms with Gasteiger partial charge in [-0.1, -0.05) is 101 Å². The van der Waals surface area contributed by atoms with Crippen LogP contribution in [0.3, 0.4) is 0 Å². The van der Waals surface area contributed by atoms with Crippen LogP contribution in [0.15, 0.2) is 56.3 Å². The summed E-state index contributed by atoms with van der Waals surface area (Å²) in [6, 6.07) is 0. The molecule has 3 saturated carbocycles. The van der Waals surface area contributed by atoms with Crippen LogP contribution in [0.1, 0.15) is 209 Å². The molecule has 3 aliphatic carbocycles. The second-order valence-corrected chi connectivity index (χ2v) is 34.5. The van der Waals surface area contributed by atoms with Gasteiger partial charge in [-0.3, -0.25) is 20.7 Å². The number of amides is 3. The van der Waals surface area contributed by atoms with Crippen molar-refractivity contribution < 1.29 is 70.4 Å². The zero-order valence-electron chi connectivity index (χ0n) is 63.2. The molecule has 4 unspecified atom stereocenters. The summed E-state index contributed by atoms with van der Waals surface area (Å²) in [6.45, 7) is 35.8. The normalized spacial score (nSPS) is 14.3. The van der Waals surface area contributed by atoms with Crippen LogP contribution in [-0.2, 0) is 18.9 Å². The number of carbonyl (C=O) groups is 4. The Hall–Kier alpha value is -7.28. The third-order valence-electron chi connectivity index (χ3n) is 15.7.